The fraction of sp³-hybridized carbons (Fsp3) is 0.600. The lowest BCUT2D eigenvalue weighted by molar-refractivity contribution is -0.133. The third kappa shape index (κ3) is 4.58. The summed E-state index contributed by atoms with van der Waals surface area (Å²) in [5, 5.41) is 3.08. The fourth-order valence-electron chi connectivity index (χ4n) is 2.48. The molecule has 5 heteroatoms. The minimum Gasteiger partial charge on any atom is -0.340 e. The number of rotatable bonds is 6. The van der Waals surface area contributed by atoms with E-state index in [9.17, 15) is 4.79 Å². The smallest absolute Gasteiger partial charge is 0.222 e. The van der Waals surface area contributed by atoms with E-state index < -0.39 is 0 Å². The van der Waals surface area contributed by atoms with Gasteiger partial charge < -0.3 is 10.2 Å². The van der Waals surface area contributed by atoms with E-state index >= 15 is 0 Å². The van der Waals surface area contributed by atoms with Crippen molar-refractivity contribution in [1.29, 1.82) is 0 Å². The van der Waals surface area contributed by atoms with Gasteiger partial charge in [-0.3, -0.25) is 14.7 Å². The van der Waals surface area contributed by atoms with Crippen LogP contribution in [0.2, 0.25) is 0 Å². The topological polar surface area (TPSA) is 48.5 Å². The minimum absolute atomic E-state index is 0.293. The number of carbonyl (C=O) groups excluding carboxylic acids is 1. The van der Waals surface area contributed by atoms with Gasteiger partial charge in [-0.2, -0.15) is 0 Å². The summed E-state index contributed by atoms with van der Waals surface area (Å²) in [6.07, 6.45) is 5.29. The van der Waals surface area contributed by atoms with Gasteiger partial charge in [0.25, 0.3) is 0 Å². The highest BCUT2D eigenvalue weighted by Gasteiger charge is 2.20. The molecule has 0 aromatic carbocycles. The number of piperazine rings is 1. The van der Waals surface area contributed by atoms with Gasteiger partial charge in [0.05, 0.1) is 0 Å². The molecule has 1 fully saturated rings. The lowest BCUT2D eigenvalue weighted by Gasteiger charge is -2.34. The summed E-state index contributed by atoms with van der Waals surface area (Å²) < 4.78 is 0. The van der Waals surface area contributed by atoms with Crippen molar-refractivity contribution < 1.29 is 4.79 Å². The molecule has 2 heterocycles. The maximum absolute atomic E-state index is 12.0. The molecule has 110 valence electrons. The third-order valence-electron chi connectivity index (χ3n) is 3.67. The lowest BCUT2D eigenvalue weighted by atomic mass is 10.2. The third-order valence-corrected chi connectivity index (χ3v) is 3.67. The highest BCUT2D eigenvalue weighted by Crippen LogP contribution is 2.09. The molecule has 0 spiro atoms. The Kier molecular flexibility index (Phi) is 5.95. The maximum Gasteiger partial charge on any atom is 0.222 e. The summed E-state index contributed by atoms with van der Waals surface area (Å²) in [5.74, 6) is 0.293. The molecule has 1 aromatic heterocycles. The zero-order valence-electron chi connectivity index (χ0n) is 12.2. The molecule has 1 N–H and O–H groups in total. The van der Waals surface area contributed by atoms with Crippen LogP contribution in [0.25, 0.3) is 0 Å². The van der Waals surface area contributed by atoms with Gasteiger partial charge in [-0.25, -0.2) is 0 Å². The summed E-state index contributed by atoms with van der Waals surface area (Å²) in [4.78, 5) is 20.5. The van der Waals surface area contributed by atoms with Crippen LogP contribution >= 0.6 is 0 Å². The summed E-state index contributed by atoms with van der Waals surface area (Å²) >= 11 is 0. The Morgan fingerprint density at radius 1 is 1.35 bits per heavy atom. The number of hydrogen-bond donors (Lipinski definition) is 1. The van der Waals surface area contributed by atoms with E-state index in [1.165, 1.54) is 5.56 Å². The Bertz CT molecular complexity index is 402. The highest BCUT2D eigenvalue weighted by molar-refractivity contribution is 5.76. The molecule has 0 saturated carbocycles. The van der Waals surface area contributed by atoms with E-state index in [1.807, 2.05) is 24.2 Å². The average molecular weight is 276 g/mol. The minimum atomic E-state index is 0.293. The quantitative estimate of drug-likeness (QED) is 0.778. The van der Waals surface area contributed by atoms with Gasteiger partial charge in [-0.05, 0) is 31.6 Å². The van der Waals surface area contributed by atoms with Gasteiger partial charge in [0, 0.05) is 51.5 Å². The van der Waals surface area contributed by atoms with Crippen molar-refractivity contribution in [3.63, 3.8) is 0 Å². The van der Waals surface area contributed by atoms with Gasteiger partial charge in [-0.15, -0.1) is 0 Å². The Labute approximate surface area is 121 Å². The van der Waals surface area contributed by atoms with Crippen LogP contribution < -0.4 is 5.32 Å². The molecule has 1 aliphatic heterocycles. The number of nitrogens with one attached hydrogen (secondary N) is 1. The molecule has 20 heavy (non-hydrogen) atoms. The zero-order valence-corrected chi connectivity index (χ0v) is 12.2. The zero-order chi connectivity index (χ0) is 14.2. The molecule has 0 unspecified atom stereocenters. The Balaban J connectivity index is 1.71. The molecule has 1 amide bonds. The van der Waals surface area contributed by atoms with E-state index in [0.29, 0.717) is 12.3 Å². The molecule has 0 atom stereocenters. The van der Waals surface area contributed by atoms with E-state index in [1.54, 1.807) is 6.20 Å². The summed E-state index contributed by atoms with van der Waals surface area (Å²) in [5.41, 5.74) is 1.24. The summed E-state index contributed by atoms with van der Waals surface area (Å²) in [6.45, 7) is 5.43. The first kappa shape index (κ1) is 14.9. The van der Waals surface area contributed by atoms with Crippen LogP contribution in [-0.4, -0.2) is 60.5 Å². The SMILES string of the molecule is CNCCCC(=O)N1CCN(Cc2cccnc2)CC1. The lowest BCUT2D eigenvalue weighted by Crippen LogP contribution is -2.48. The van der Waals surface area contributed by atoms with Crippen LogP contribution in [-0.2, 0) is 11.3 Å². The molecule has 1 aromatic rings. The molecule has 0 bridgehead atoms. The molecule has 1 aliphatic rings. The van der Waals surface area contributed by atoms with Crippen LogP contribution in [0.5, 0.6) is 0 Å². The van der Waals surface area contributed by atoms with Crippen LogP contribution in [0.15, 0.2) is 24.5 Å². The summed E-state index contributed by atoms with van der Waals surface area (Å²) in [7, 11) is 1.92. The molecule has 0 radical (unpaired) electrons. The van der Waals surface area contributed by atoms with E-state index in [2.05, 4.69) is 21.3 Å². The number of pyridine rings is 1. The predicted molar refractivity (Wildman–Crippen MR) is 79.3 cm³/mol. The molecular weight excluding hydrogens is 252 g/mol. The van der Waals surface area contributed by atoms with Gasteiger partial charge in [0.2, 0.25) is 5.91 Å². The first-order chi connectivity index (χ1) is 9.79. The second-order valence-electron chi connectivity index (χ2n) is 5.23. The van der Waals surface area contributed by atoms with Crippen LogP contribution in [0.3, 0.4) is 0 Å². The Hall–Kier alpha value is -1.46. The molecule has 1 saturated heterocycles. The standard InChI is InChI=1S/C15H24N4O/c1-16-6-3-5-15(20)19-10-8-18(9-11-19)13-14-4-2-7-17-12-14/h2,4,7,12,16H,3,5-6,8-11,13H2,1H3. The van der Waals surface area contributed by atoms with Crippen molar-refractivity contribution in [2.45, 2.75) is 19.4 Å². The van der Waals surface area contributed by atoms with Crippen molar-refractivity contribution in [2.75, 3.05) is 39.8 Å². The second kappa shape index (κ2) is 7.97. The Morgan fingerprint density at radius 2 is 2.15 bits per heavy atom. The van der Waals surface area contributed by atoms with Crippen molar-refractivity contribution in [3.8, 4) is 0 Å². The fourth-order valence-corrected chi connectivity index (χ4v) is 2.48. The van der Waals surface area contributed by atoms with E-state index in [4.69, 9.17) is 0 Å². The first-order valence-electron chi connectivity index (χ1n) is 7.33. The van der Waals surface area contributed by atoms with Gasteiger partial charge in [-0.1, -0.05) is 6.07 Å². The number of carbonyl (C=O) groups is 1. The number of amides is 1. The molecule has 5 nitrogen and oxygen atoms in total. The largest absolute Gasteiger partial charge is 0.340 e. The average Bonchev–Trinajstić information content (AvgIpc) is 2.49. The van der Waals surface area contributed by atoms with E-state index in [0.717, 1.165) is 45.7 Å². The predicted octanol–water partition coefficient (Wildman–Crippen LogP) is 0.725. The van der Waals surface area contributed by atoms with E-state index in [-0.39, 0.29) is 0 Å². The second-order valence-corrected chi connectivity index (χ2v) is 5.23. The normalized spacial score (nSPS) is 16.4. The number of hydrogen-bond acceptors (Lipinski definition) is 4. The monoisotopic (exact) mass is 276 g/mol. The van der Waals surface area contributed by atoms with Gasteiger partial charge in [0.15, 0.2) is 0 Å². The van der Waals surface area contributed by atoms with Crippen molar-refractivity contribution >= 4 is 5.91 Å². The van der Waals surface area contributed by atoms with Crippen molar-refractivity contribution in [2.24, 2.45) is 0 Å². The van der Waals surface area contributed by atoms with Crippen molar-refractivity contribution in [1.82, 2.24) is 20.1 Å². The molecule has 0 aliphatic carbocycles. The summed E-state index contributed by atoms with van der Waals surface area (Å²) in [6, 6.07) is 4.07. The van der Waals surface area contributed by atoms with Crippen LogP contribution in [0, 0.1) is 0 Å². The highest BCUT2D eigenvalue weighted by atomic mass is 16.2. The maximum atomic E-state index is 12.0. The van der Waals surface area contributed by atoms with Gasteiger partial charge >= 0.3 is 0 Å². The molecular formula is C15H24N4O. The number of nitrogens with zero attached hydrogens (tertiary/aromatic N) is 3. The van der Waals surface area contributed by atoms with Crippen LogP contribution in [0.1, 0.15) is 18.4 Å². The number of aromatic nitrogens is 1. The molecule has 2 rings (SSSR count). The van der Waals surface area contributed by atoms with Crippen molar-refractivity contribution in [3.05, 3.63) is 30.1 Å². The Morgan fingerprint density at radius 3 is 2.80 bits per heavy atom. The van der Waals surface area contributed by atoms with Crippen LogP contribution in [0.4, 0.5) is 0 Å². The first-order valence-corrected chi connectivity index (χ1v) is 7.33. The van der Waals surface area contributed by atoms with Gasteiger partial charge in [0.1, 0.15) is 0 Å².